The van der Waals surface area contributed by atoms with Crippen molar-refractivity contribution in [3.8, 4) is 0 Å². The van der Waals surface area contributed by atoms with Gasteiger partial charge in [-0.2, -0.15) is 0 Å². The van der Waals surface area contributed by atoms with Gasteiger partial charge in [-0.1, -0.05) is 35.8 Å². The Morgan fingerprint density at radius 3 is 2.78 bits per heavy atom. The fourth-order valence-corrected chi connectivity index (χ4v) is 3.46. The van der Waals surface area contributed by atoms with Crippen molar-refractivity contribution in [2.45, 2.75) is 18.9 Å². The summed E-state index contributed by atoms with van der Waals surface area (Å²) in [5.41, 5.74) is 2.51. The van der Waals surface area contributed by atoms with Crippen LogP contribution in [0.5, 0.6) is 0 Å². The van der Waals surface area contributed by atoms with Gasteiger partial charge in [-0.3, -0.25) is 4.79 Å². The molecule has 0 bridgehead atoms. The van der Waals surface area contributed by atoms with E-state index < -0.39 is 6.04 Å². The molecule has 1 aromatic heterocycles. The average molecular weight is 407 g/mol. The largest absolute Gasteiger partial charge is 0.505 e. The maximum Gasteiger partial charge on any atom is 0.253 e. The maximum absolute atomic E-state index is 12.7. The van der Waals surface area contributed by atoms with Gasteiger partial charge in [-0.25, -0.2) is 0 Å². The molecule has 0 saturated heterocycles. The summed E-state index contributed by atoms with van der Waals surface area (Å²) in [7, 11) is 1.78. The van der Waals surface area contributed by atoms with Gasteiger partial charge >= 0.3 is 0 Å². The molecule has 0 saturated carbocycles. The van der Waals surface area contributed by atoms with Crippen LogP contribution in [0.25, 0.3) is 0 Å². The Kier molecular flexibility index (Phi) is 5.82. The molecule has 2 heterocycles. The number of likely N-dealkylation sites (N-methyl/N-ethyl adjacent to an activating group) is 1. The van der Waals surface area contributed by atoms with Crippen molar-refractivity contribution < 1.29 is 14.3 Å². The molecule has 0 fully saturated rings. The van der Waals surface area contributed by atoms with Crippen LogP contribution in [0.3, 0.4) is 0 Å². The smallest absolute Gasteiger partial charge is 0.253 e. The van der Waals surface area contributed by atoms with Gasteiger partial charge in [0.15, 0.2) is 0 Å². The third-order valence-corrected chi connectivity index (χ3v) is 5.37. The number of nitrogens with zero attached hydrogens (tertiary/aromatic N) is 1. The first-order valence-electron chi connectivity index (χ1n) is 8.49. The molecule has 5 nitrogen and oxygen atoms in total. The molecular formula is C20H20Cl2N2O3. The number of rotatable bonds is 6. The first-order valence-corrected chi connectivity index (χ1v) is 9.25. The zero-order valence-corrected chi connectivity index (χ0v) is 16.3. The number of hydrogen-bond acceptors (Lipinski definition) is 4. The first-order chi connectivity index (χ1) is 12.9. The van der Waals surface area contributed by atoms with E-state index in [0.717, 1.165) is 24.0 Å². The van der Waals surface area contributed by atoms with E-state index >= 15 is 0 Å². The molecule has 1 atom stereocenters. The Labute approximate surface area is 167 Å². The third-order valence-electron chi connectivity index (χ3n) is 4.63. The van der Waals surface area contributed by atoms with E-state index in [2.05, 4.69) is 11.9 Å². The minimum atomic E-state index is -0.425. The lowest BCUT2D eigenvalue weighted by atomic mass is 10.0. The SMILES string of the molecule is C=C1C(O)=C(C(=O)NCCCc2ccc(Cl)c(Cl)c2)C(c2ccoc2)N1C. The lowest BCUT2D eigenvalue weighted by Crippen LogP contribution is -2.30. The van der Waals surface area contributed by atoms with Gasteiger partial charge < -0.3 is 19.7 Å². The summed E-state index contributed by atoms with van der Waals surface area (Å²) in [6.07, 6.45) is 4.57. The van der Waals surface area contributed by atoms with Crippen molar-refractivity contribution in [1.29, 1.82) is 0 Å². The fourth-order valence-electron chi connectivity index (χ4n) is 3.14. The molecular weight excluding hydrogens is 387 g/mol. The number of aliphatic hydroxyl groups excluding tert-OH is 1. The highest BCUT2D eigenvalue weighted by molar-refractivity contribution is 6.42. The second-order valence-corrected chi connectivity index (χ2v) is 7.20. The highest BCUT2D eigenvalue weighted by Crippen LogP contribution is 2.40. The van der Waals surface area contributed by atoms with Gasteiger partial charge in [0.2, 0.25) is 0 Å². The molecule has 2 aromatic rings. The van der Waals surface area contributed by atoms with Crippen LogP contribution in [0.2, 0.25) is 10.0 Å². The van der Waals surface area contributed by atoms with Crippen LogP contribution in [0.15, 0.2) is 64.8 Å². The average Bonchev–Trinajstić information content (AvgIpc) is 3.24. The van der Waals surface area contributed by atoms with E-state index in [-0.39, 0.29) is 17.2 Å². The van der Waals surface area contributed by atoms with E-state index in [1.807, 2.05) is 12.1 Å². The van der Waals surface area contributed by atoms with Gasteiger partial charge in [0.05, 0.1) is 39.9 Å². The molecule has 7 heteroatoms. The minimum Gasteiger partial charge on any atom is -0.505 e. The van der Waals surface area contributed by atoms with Crippen molar-refractivity contribution in [2.24, 2.45) is 0 Å². The summed E-state index contributed by atoms with van der Waals surface area (Å²) in [5, 5.41) is 14.3. The zero-order chi connectivity index (χ0) is 19.6. The van der Waals surface area contributed by atoms with E-state index in [1.54, 1.807) is 30.3 Å². The maximum atomic E-state index is 12.7. The van der Waals surface area contributed by atoms with Crippen LogP contribution in [-0.2, 0) is 11.2 Å². The third kappa shape index (κ3) is 3.99. The number of amides is 1. The number of carbonyl (C=O) groups is 1. The van der Waals surface area contributed by atoms with Crippen molar-refractivity contribution >= 4 is 29.1 Å². The Balaban J connectivity index is 1.62. The lowest BCUT2D eigenvalue weighted by molar-refractivity contribution is -0.118. The summed E-state index contributed by atoms with van der Waals surface area (Å²) >= 11 is 11.9. The summed E-state index contributed by atoms with van der Waals surface area (Å²) in [4.78, 5) is 14.5. The topological polar surface area (TPSA) is 65.7 Å². The van der Waals surface area contributed by atoms with E-state index in [4.69, 9.17) is 27.6 Å². The van der Waals surface area contributed by atoms with Gasteiger partial charge in [0, 0.05) is 19.2 Å². The number of hydrogen-bond donors (Lipinski definition) is 2. The quantitative estimate of drug-likeness (QED) is 0.685. The minimum absolute atomic E-state index is 0.0920. The van der Waals surface area contributed by atoms with Crippen LogP contribution < -0.4 is 5.32 Å². The molecule has 27 heavy (non-hydrogen) atoms. The number of aryl methyl sites for hydroxylation is 1. The number of carbonyl (C=O) groups excluding carboxylic acids is 1. The Hall–Kier alpha value is -2.37. The van der Waals surface area contributed by atoms with Crippen molar-refractivity contribution in [3.63, 3.8) is 0 Å². The molecule has 1 aromatic carbocycles. The fraction of sp³-hybridized carbons (Fsp3) is 0.250. The number of nitrogens with one attached hydrogen (secondary N) is 1. The molecule has 0 spiro atoms. The summed E-state index contributed by atoms with van der Waals surface area (Å²) < 4.78 is 5.13. The van der Waals surface area contributed by atoms with Gasteiger partial charge in [-0.05, 0) is 36.6 Å². The molecule has 2 N–H and O–H groups in total. The van der Waals surface area contributed by atoms with Crippen molar-refractivity contribution in [2.75, 3.05) is 13.6 Å². The van der Waals surface area contributed by atoms with Crippen LogP contribution in [0, 0.1) is 0 Å². The first kappa shape index (κ1) is 19.4. The molecule has 142 valence electrons. The number of aliphatic hydroxyl groups is 1. The Morgan fingerprint density at radius 1 is 1.33 bits per heavy atom. The van der Waals surface area contributed by atoms with Gasteiger partial charge in [-0.15, -0.1) is 0 Å². The van der Waals surface area contributed by atoms with Crippen LogP contribution in [0.1, 0.15) is 23.6 Å². The summed E-state index contributed by atoms with van der Waals surface area (Å²) in [5.74, 6) is -0.413. The van der Waals surface area contributed by atoms with E-state index in [1.165, 1.54) is 6.26 Å². The number of halogens is 2. The van der Waals surface area contributed by atoms with Crippen molar-refractivity contribution in [1.82, 2.24) is 10.2 Å². The predicted octanol–water partition coefficient (Wildman–Crippen LogP) is 4.65. The molecule has 1 amide bonds. The summed E-state index contributed by atoms with van der Waals surface area (Å²) in [6, 6.07) is 6.84. The lowest BCUT2D eigenvalue weighted by Gasteiger charge is -2.23. The highest BCUT2D eigenvalue weighted by Gasteiger charge is 2.38. The summed E-state index contributed by atoms with van der Waals surface area (Å²) in [6.45, 7) is 4.31. The normalized spacial score (nSPS) is 16.9. The molecule has 1 aliphatic heterocycles. The van der Waals surface area contributed by atoms with E-state index in [0.29, 0.717) is 22.3 Å². The number of benzene rings is 1. The molecule has 3 rings (SSSR count). The Morgan fingerprint density at radius 2 is 2.11 bits per heavy atom. The van der Waals surface area contributed by atoms with Crippen molar-refractivity contribution in [3.05, 3.63) is 81.6 Å². The molecule has 1 unspecified atom stereocenters. The molecule has 0 radical (unpaired) electrons. The molecule has 0 aliphatic carbocycles. The predicted molar refractivity (Wildman–Crippen MR) is 106 cm³/mol. The van der Waals surface area contributed by atoms with Crippen LogP contribution in [-0.4, -0.2) is 29.5 Å². The highest BCUT2D eigenvalue weighted by atomic mass is 35.5. The van der Waals surface area contributed by atoms with Gasteiger partial charge in [0.25, 0.3) is 5.91 Å². The number of furan rings is 1. The van der Waals surface area contributed by atoms with Crippen LogP contribution in [0.4, 0.5) is 0 Å². The molecule has 1 aliphatic rings. The second kappa shape index (κ2) is 8.11. The standard InChI is InChI=1S/C20H20Cl2N2O3/c1-12-19(25)17(18(24(12)2)14-7-9-27-11-14)20(26)23-8-3-4-13-5-6-15(21)16(22)10-13/h5-7,9-11,18,25H,1,3-4,8H2,2H3,(H,23,26). The Bertz CT molecular complexity index is 891. The van der Waals surface area contributed by atoms with Crippen LogP contribution >= 0.6 is 23.2 Å². The van der Waals surface area contributed by atoms with E-state index in [9.17, 15) is 9.90 Å². The zero-order valence-electron chi connectivity index (χ0n) is 14.8. The second-order valence-electron chi connectivity index (χ2n) is 6.39. The van der Waals surface area contributed by atoms with Gasteiger partial charge in [0.1, 0.15) is 5.76 Å². The monoisotopic (exact) mass is 406 g/mol.